The third kappa shape index (κ3) is 4.21. The van der Waals surface area contributed by atoms with E-state index in [0.717, 1.165) is 15.0 Å². The first-order valence-corrected chi connectivity index (χ1v) is 7.88. The predicted octanol–water partition coefficient (Wildman–Crippen LogP) is 2.38. The van der Waals surface area contributed by atoms with Crippen molar-refractivity contribution >= 4 is 34.1 Å². The van der Waals surface area contributed by atoms with Gasteiger partial charge in [-0.15, -0.1) is 10.2 Å². The Morgan fingerprint density at radius 2 is 2.10 bits per heavy atom. The number of benzene rings is 1. The van der Waals surface area contributed by atoms with Crippen molar-refractivity contribution in [2.75, 3.05) is 12.4 Å². The monoisotopic (exact) mass is 308 g/mol. The van der Waals surface area contributed by atoms with Crippen molar-refractivity contribution in [2.45, 2.75) is 23.1 Å². The Bertz CT molecular complexity index is 559. The fraction of sp³-hybridized carbons (Fsp3) is 0.308. The van der Waals surface area contributed by atoms with Crippen LogP contribution in [0.2, 0.25) is 0 Å². The maximum absolute atomic E-state index is 12.0. The molecule has 20 heavy (non-hydrogen) atoms. The first-order chi connectivity index (χ1) is 9.69. The third-order valence-corrected chi connectivity index (χ3v) is 4.70. The van der Waals surface area contributed by atoms with Crippen molar-refractivity contribution in [3.63, 3.8) is 0 Å². The lowest BCUT2D eigenvalue weighted by Gasteiger charge is -2.10. The number of rotatable bonds is 6. The van der Waals surface area contributed by atoms with Crippen molar-refractivity contribution in [3.05, 3.63) is 35.9 Å². The number of thioether (sulfide) groups is 1. The highest BCUT2D eigenvalue weighted by atomic mass is 32.2. The summed E-state index contributed by atoms with van der Waals surface area (Å²) < 4.78 is 0.789. The van der Waals surface area contributed by atoms with Crippen LogP contribution in [0, 0.1) is 0 Å². The van der Waals surface area contributed by atoms with Crippen LogP contribution < -0.4 is 10.6 Å². The molecule has 0 fully saturated rings. The van der Waals surface area contributed by atoms with Crippen LogP contribution in [0.15, 0.2) is 34.7 Å². The zero-order valence-corrected chi connectivity index (χ0v) is 12.9. The van der Waals surface area contributed by atoms with Gasteiger partial charge < -0.3 is 10.6 Å². The van der Waals surface area contributed by atoms with E-state index in [9.17, 15) is 4.79 Å². The summed E-state index contributed by atoms with van der Waals surface area (Å²) in [7, 11) is 1.80. The fourth-order valence-electron chi connectivity index (χ4n) is 1.49. The van der Waals surface area contributed by atoms with Crippen LogP contribution in [0.1, 0.15) is 12.5 Å². The average Bonchev–Trinajstić information content (AvgIpc) is 2.93. The standard InChI is InChI=1S/C13H16N4OS2/c1-9(19-13-17-16-12(14-2)20-13)11(18)15-8-10-6-4-3-5-7-10/h3-7,9H,8H2,1-2H3,(H,14,16)(H,15,18)/t9-/m1/s1. The van der Waals surface area contributed by atoms with Crippen LogP contribution in [0.4, 0.5) is 5.13 Å². The lowest BCUT2D eigenvalue weighted by atomic mass is 10.2. The molecule has 7 heteroatoms. The summed E-state index contributed by atoms with van der Waals surface area (Å²) in [6.45, 7) is 2.41. The van der Waals surface area contributed by atoms with E-state index in [1.54, 1.807) is 7.05 Å². The van der Waals surface area contributed by atoms with Gasteiger partial charge in [0.1, 0.15) is 0 Å². The molecule has 0 aliphatic rings. The van der Waals surface area contributed by atoms with Gasteiger partial charge in [0.25, 0.3) is 0 Å². The first-order valence-electron chi connectivity index (χ1n) is 6.18. The largest absolute Gasteiger partial charge is 0.363 e. The SMILES string of the molecule is CNc1nnc(S[C@H](C)C(=O)NCc2ccccc2)s1. The van der Waals surface area contributed by atoms with Gasteiger partial charge in [0.05, 0.1) is 5.25 Å². The average molecular weight is 308 g/mol. The molecular formula is C13H16N4OS2. The van der Waals surface area contributed by atoms with E-state index in [-0.39, 0.29) is 11.2 Å². The molecule has 1 amide bonds. The number of carbonyl (C=O) groups is 1. The van der Waals surface area contributed by atoms with Gasteiger partial charge >= 0.3 is 0 Å². The fourth-order valence-corrected chi connectivity index (χ4v) is 3.37. The van der Waals surface area contributed by atoms with Crippen LogP contribution in [-0.2, 0) is 11.3 Å². The van der Waals surface area contributed by atoms with Gasteiger partial charge in [-0.3, -0.25) is 4.79 Å². The predicted molar refractivity (Wildman–Crippen MR) is 83.1 cm³/mol. The molecule has 1 aromatic carbocycles. The van der Waals surface area contributed by atoms with Crippen molar-refractivity contribution in [2.24, 2.45) is 0 Å². The van der Waals surface area contributed by atoms with Gasteiger partial charge in [0, 0.05) is 13.6 Å². The minimum atomic E-state index is -0.198. The number of nitrogens with zero attached hydrogens (tertiary/aromatic N) is 2. The Morgan fingerprint density at radius 3 is 2.75 bits per heavy atom. The molecule has 0 saturated heterocycles. The minimum absolute atomic E-state index is 0.0000562. The molecule has 0 aliphatic heterocycles. The molecule has 0 radical (unpaired) electrons. The molecule has 106 valence electrons. The van der Waals surface area contributed by atoms with Gasteiger partial charge in [-0.05, 0) is 12.5 Å². The van der Waals surface area contributed by atoms with Crippen LogP contribution >= 0.6 is 23.1 Å². The van der Waals surface area contributed by atoms with E-state index in [2.05, 4.69) is 20.8 Å². The summed E-state index contributed by atoms with van der Waals surface area (Å²) in [5.74, 6) is 0.0000562. The summed E-state index contributed by atoms with van der Waals surface area (Å²) in [6.07, 6.45) is 0. The highest BCUT2D eigenvalue weighted by Crippen LogP contribution is 2.28. The van der Waals surface area contributed by atoms with E-state index < -0.39 is 0 Å². The van der Waals surface area contributed by atoms with Crippen LogP contribution in [-0.4, -0.2) is 28.4 Å². The van der Waals surface area contributed by atoms with Crippen molar-refractivity contribution < 1.29 is 4.79 Å². The molecule has 1 heterocycles. The number of aromatic nitrogens is 2. The summed E-state index contributed by atoms with van der Waals surface area (Å²) in [5.41, 5.74) is 1.09. The van der Waals surface area contributed by atoms with Crippen molar-refractivity contribution in [1.82, 2.24) is 15.5 Å². The quantitative estimate of drug-likeness (QED) is 0.802. The van der Waals surface area contributed by atoms with Gasteiger partial charge in [-0.25, -0.2) is 0 Å². The second-order valence-corrected chi connectivity index (χ2v) is 6.65. The smallest absolute Gasteiger partial charge is 0.233 e. The lowest BCUT2D eigenvalue weighted by molar-refractivity contribution is -0.120. The highest BCUT2D eigenvalue weighted by Gasteiger charge is 2.16. The lowest BCUT2D eigenvalue weighted by Crippen LogP contribution is -2.30. The molecule has 5 nitrogen and oxygen atoms in total. The highest BCUT2D eigenvalue weighted by molar-refractivity contribution is 8.02. The van der Waals surface area contributed by atoms with Gasteiger partial charge in [0.15, 0.2) is 4.34 Å². The normalized spacial score (nSPS) is 11.9. The number of hydrogen-bond donors (Lipinski definition) is 2. The molecule has 0 bridgehead atoms. The molecule has 0 spiro atoms. The van der Waals surface area contributed by atoms with E-state index in [4.69, 9.17) is 0 Å². The van der Waals surface area contributed by atoms with Gasteiger partial charge in [-0.1, -0.05) is 53.4 Å². The molecule has 0 unspecified atom stereocenters. The minimum Gasteiger partial charge on any atom is -0.363 e. The topological polar surface area (TPSA) is 66.9 Å². The third-order valence-electron chi connectivity index (χ3n) is 2.58. The number of amides is 1. The van der Waals surface area contributed by atoms with Gasteiger partial charge in [-0.2, -0.15) is 0 Å². The second-order valence-electron chi connectivity index (χ2n) is 4.09. The maximum atomic E-state index is 12.0. The number of hydrogen-bond acceptors (Lipinski definition) is 6. The summed E-state index contributed by atoms with van der Waals surface area (Å²) in [5, 5.41) is 14.4. The zero-order valence-electron chi connectivity index (χ0n) is 11.3. The van der Waals surface area contributed by atoms with E-state index in [0.29, 0.717) is 6.54 Å². The Balaban J connectivity index is 1.82. The summed E-state index contributed by atoms with van der Waals surface area (Å²) in [4.78, 5) is 12.0. The number of anilines is 1. The van der Waals surface area contributed by atoms with Crippen LogP contribution in [0.3, 0.4) is 0 Å². The number of nitrogens with one attached hydrogen (secondary N) is 2. The van der Waals surface area contributed by atoms with E-state index in [1.807, 2.05) is 37.3 Å². The molecular weight excluding hydrogens is 292 g/mol. The van der Waals surface area contributed by atoms with Crippen molar-refractivity contribution in [1.29, 1.82) is 0 Å². The summed E-state index contributed by atoms with van der Waals surface area (Å²) in [6, 6.07) is 9.85. The first kappa shape index (κ1) is 14.8. The van der Waals surface area contributed by atoms with Crippen LogP contribution in [0.5, 0.6) is 0 Å². The Kier molecular flexibility index (Phi) is 5.37. The number of carbonyl (C=O) groups excluding carboxylic acids is 1. The molecule has 0 aliphatic carbocycles. The second kappa shape index (κ2) is 7.25. The molecule has 2 aromatic rings. The molecule has 2 N–H and O–H groups in total. The maximum Gasteiger partial charge on any atom is 0.233 e. The Hall–Kier alpha value is -1.60. The molecule has 1 atom stereocenters. The van der Waals surface area contributed by atoms with Crippen LogP contribution in [0.25, 0.3) is 0 Å². The molecule has 0 saturated carbocycles. The zero-order chi connectivity index (χ0) is 14.4. The molecule has 2 rings (SSSR count). The van der Waals surface area contributed by atoms with Crippen molar-refractivity contribution in [3.8, 4) is 0 Å². The van der Waals surface area contributed by atoms with Gasteiger partial charge in [0.2, 0.25) is 11.0 Å². The Morgan fingerprint density at radius 1 is 1.35 bits per heavy atom. The molecule has 1 aromatic heterocycles. The Labute approximate surface area is 126 Å². The van der Waals surface area contributed by atoms with E-state index >= 15 is 0 Å². The summed E-state index contributed by atoms with van der Waals surface area (Å²) >= 11 is 2.86. The van der Waals surface area contributed by atoms with E-state index in [1.165, 1.54) is 23.1 Å².